The van der Waals surface area contributed by atoms with Crippen LogP contribution in [0.3, 0.4) is 0 Å². The molecule has 0 N–H and O–H groups in total. The monoisotopic (exact) mass is 274 g/mol. The Morgan fingerprint density at radius 3 is 2.24 bits per heavy atom. The number of thiocyanates is 1. The van der Waals surface area contributed by atoms with E-state index in [2.05, 4.69) is 10.3 Å². The number of rotatable bonds is 4. The summed E-state index contributed by atoms with van der Waals surface area (Å²) in [5.74, 6) is 0.827. The molecule has 3 aliphatic heterocycles. The highest BCUT2D eigenvalue weighted by Crippen LogP contribution is 2.22. The maximum atomic E-state index is 8.48. The molecule has 0 spiro atoms. The molecule has 7 heteroatoms. The van der Waals surface area contributed by atoms with Crippen molar-refractivity contribution in [2.45, 2.75) is 12.5 Å². The van der Waals surface area contributed by atoms with Crippen LogP contribution in [0.2, 0.25) is 6.04 Å². The van der Waals surface area contributed by atoms with Gasteiger partial charge in [0.25, 0.3) is 0 Å². The molecule has 0 aliphatic carbocycles. The van der Waals surface area contributed by atoms with E-state index in [0.29, 0.717) is 19.8 Å². The molecule has 0 amide bonds. The Morgan fingerprint density at radius 2 is 1.71 bits per heavy atom. The van der Waals surface area contributed by atoms with Crippen LogP contribution < -0.4 is 0 Å². The van der Waals surface area contributed by atoms with Gasteiger partial charge in [0.1, 0.15) is 5.40 Å². The molecule has 0 unspecified atom stereocenters. The van der Waals surface area contributed by atoms with E-state index in [1.807, 2.05) is 0 Å². The summed E-state index contributed by atoms with van der Waals surface area (Å²) < 4.78 is 17.6. The first kappa shape index (κ1) is 13.3. The standard InChI is InChI=1S/C10H18N2O3SSi/c11-10-16-8-1-9-17-13-5-2-12(3-6-14-17)4-7-15-17/h1-9H2. The van der Waals surface area contributed by atoms with Gasteiger partial charge in [-0.05, 0) is 18.2 Å². The van der Waals surface area contributed by atoms with Crippen molar-refractivity contribution in [2.24, 2.45) is 0 Å². The lowest BCUT2D eigenvalue weighted by Crippen LogP contribution is -2.55. The third-order valence-corrected chi connectivity index (χ3v) is 6.50. The fourth-order valence-electron chi connectivity index (χ4n) is 2.07. The second-order valence-electron chi connectivity index (χ2n) is 4.11. The van der Waals surface area contributed by atoms with Crippen LogP contribution in [0.1, 0.15) is 6.42 Å². The molecule has 3 aliphatic rings. The first-order valence-corrected chi connectivity index (χ1v) is 8.91. The second-order valence-corrected chi connectivity index (χ2v) is 7.72. The Labute approximate surface area is 107 Å². The highest BCUT2D eigenvalue weighted by atomic mass is 32.2. The average Bonchev–Trinajstić information content (AvgIpc) is 2.25. The van der Waals surface area contributed by atoms with Crippen LogP contribution >= 0.6 is 11.8 Å². The van der Waals surface area contributed by atoms with Gasteiger partial charge in [-0.1, -0.05) is 0 Å². The van der Waals surface area contributed by atoms with Crippen molar-refractivity contribution in [3.05, 3.63) is 0 Å². The van der Waals surface area contributed by atoms with E-state index >= 15 is 0 Å². The average molecular weight is 274 g/mol. The summed E-state index contributed by atoms with van der Waals surface area (Å²) in [6.07, 6.45) is 0.925. The summed E-state index contributed by atoms with van der Waals surface area (Å²) in [5.41, 5.74) is 0. The van der Waals surface area contributed by atoms with Crippen molar-refractivity contribution in [2.75, 3.05) is 45.2 Å². The maximum Gasteiger partial charge on any atom is 0.501 e. The van der Waals surface area contributed by atoms with E-state index in [9.17, 15) is 0 Å². The summed E-state index contributed by atoms with van der Waals surface area (Å²) in [5, 5.41) is 10.6. The third-order valence-electron chi connectivity index (χ3n) is 2.98. The van der Waals surface area contributed by atoms with E-state index < -0.39 is 8.80 Å². The summed E-state index contributed by atoms with van der Waals surface area (Å²) in [7, 11) is -2.43. The zero-order valence-electron chi connectivity index (χ0n) is 9.89. The zero-order chi connectivity index (χ0) is 12.0. The number of thioether (sulfide) groups is 1. The number of nitriles is 1. The van der Waals surface area contributed by atoms with Crippen molar-refractivity contribution >= 4 is 20.6 Å². The van der Waals surface area contributed by atoms with Gasteiger partial charge in [-0.2, -0.15) is 5.26 Å². The minimum absolute atomic E-state index is 0.706. The fraction of sp³-hybridized carbons (Fsp3) is 0.900. The zero-order valence-corrected chi connectivity index (χ0v) is 11.7. The molecule has 2 bridgehead atoms. The van der Waals surface area contributed by atoms with E-state index in [-0.39, 0.29) is 0 Å². The Morgan fingerprint density at radius 1 is 1.12 bits per heavy atom. The molecule has 0 radical (unpaired) electrons. The van der Waals surface area contributed by atoms with E-state index in [1.165, 1.54) is 11.8 Å². The van der Waals surface area contributed by atoms with Gasteiger partial charge < -0.3 is 13.3 Å². The van der Waals surface area contributed by atoms with Crippen LogP contribution in [-0.2, 0) is 13.3 Å². The molecule has 96 valence electrons. The van der Waals surface area contributed by atoms with Gasteiger partial charge >= 0.3 is 8.80 Å². The van der Waals surface area contributed by atoms with Crippen molar-refractivity contribution in [3.63, 3.8) is 0 Å². The molecule has 0 atom stereocenters. The van der Waals surface area contributed by atoms with Crippen LogP contribution in [0.15, 0.2) is 0 Å². The van der Waals surface area contributed by atoms with Crippen molar-refractivity contribution < 1.29 is 13.3 Å². The Bertz CT molecular complexity index is 261. The summed E-state index contributed by atoms with van der Waals surface area (Å²) in [6.45, 7) is 5.06. The van der Waals surface area contributed by atoms with E-state index in [4.69, 9.17) is 18.5 Å². The molecule has 3 rings (SSSR count). The highest BCUT2D eigenvalue weighted by molar-refractivity contribution is 8.03. The second kappa shape index (κ2) is 6.73. The summed E-state index contributed by atoms with van der Waals surface area (Å²) in [4.78, 5) is 2.31. The summed E-state index contributed by atoms with van der Waals surface area (Å²) in [6, 6.07) is 0.835. The fourth-order valence-corrected chi connectivity index (χ4v) is 5.21. The van der Waals surface area contributed by atoms with E-state index in [1.54, 1.807) is 0 Å². The molecule has 3 fully saturated rings. The van der Waals surface area contributed by atoms with Gasteiger partial charge in [0.15, 0.2) is 0 Å². The molecular weight excluding hydrogens is 256 g/mol. The number of hydrogen-bond donors (Lipinski definition) is 0. The SMILES string of the molecule is N#CSCCC[Si]12OCCN(CCO1)CCO2. The number of nitrogens with zero attached hydrogens (tertiary/aromatic N) is 2. The Kier molecular flexibility index (Phi) is 5.28. The molecule has 17 heavy (non-hydrogen) atoms. The quantitative estimate of drug-likeness (QED) is 0.431. The molecule has 0 aromatic rings. The number of fused-ring (bicyclic) bond motifs is 6. The van der Waals surface area contributed by atoms with Gasteiger partial charge in [0.2, 0.25) is 0 Å². The molecule has 5 nitrogen and oxygen atoms in total. The van der Waals surface area contributed by atoms with Gasteiger partial charge in [-0.3, -0.25) is 4.90 Å². The molecule has 3 saturated heterocycles. The molecule has 0 aromatic carbocycles. The normalized spacial score (nSPS) is 33.5. The first-order valence-electron chi connectivity index (χ1n) is 6.00. The van der Waals surface area contributed by atoms with Crippen molar-refractivity contribution in [1.82, 2.24) is 4.90 Å². The highest BCUT2D eigenvalue weighted by Gasteiger charge is 2.43. The Hall–Kier alpha value is -0.103. The molecule has 0 saturated carbocycles. The van der Waals surface area contributed by atoms with Crippen LogP contribution in [0, 0.1) is 10.7 Å². The molecule has 3 heterocycles. The lowest BCUT2D eigenvalue weighted by atomic mass is 10.4. The summed E-state index contributed by atoms with van der Waals surface area (Å²) >= 11 is 1.29. The van der Waals surface area contributed by atoms with Crippen LogP contribution in [-0.4, -0.2) is 58.9 Å². The third kappa shape index (κ3) is 3.94. The molecular formula is C10H18N2O3SSi. The van der Waals surface area contributed by atoms with Crippen LogP contribution in [0.4, 0.5) is 0 Å². The van der Waals surface area contributed by atoms with Crippen molar-refractivity contribution in [3.8, 4) is 5.40 Å². The smallest absolute Gasteiger partial charge is 0.372 e. The van der Waals surface area contributed by atoms with Crippen LogP contribution in [0.5, 0.6) is 0 Å². The first-order chi connectivity index (χ1) is 8.35. The lowest BCUT2D eigenvalue weighted by Gasteiger charge is -2.38. The Balaban J connectivity index is 1.87. The minimum atomic E-state index is -2.43. The number of hydrogen-bond acceptors (Lipinski definition) is 6. The van der Waals surface area contributed by atoms with Gasteiger partial charge in [-0.25, -0.2) is 0 Å². The van der Waals surface area contributed by atoms with Crippen LogP contribution in [0.25, 0.3) is 0 Å². The van der Waals surface area contributed by atoms with Gasteiger partial charge in [0.05, 0.1) is 19.8 Å². The van der Waals surface area contributed by atoms with Crippen molar-refractivity contribution in [1.29, 1.82) is 5.26 Å². The van der Waals surface area contributed by atoms with E-state index in [0.717, 1.165) is 37.9 Å². The lowest BCUT2D eigenvalue weighted by molar-refractivity contribution is -0.00828. The maximum absolute atomic E-state index is 8.48. The predicted molar refractivity (Wildman–Crippen MR) is 67.5 cm³/mol. The largest absolute Gasteiger partial charge is 0.501 e. The van der Waals surface area contributed by atoms with Gasteiger partial charge in [-0.15, -0.1) is 0 Å². The molecule has 0 aromatic heterocycles. The minimum Gasteiger partial charge on any atom is -0.372 e. The topological polar surface area (TPSA) is 54.7 Å². The predicted octanol–water partition coefficient (Wildman–Crippen LogP) is 0.909. The van der Waals surface area contributed by atoms with Gasteiger partial charge in [0, 0.05) is 31.4 Å².